The summed E-state index contributed by atoms with van der Waals surface area (Å²) >= 11 is 6.37. The summed E-state index contributed by atoms with van der Waals surface area (Å²) in [4.78, 5) is 18.4. The zero-order valence-corrected chi connectivity index (χ0v) is 18.2. The van der Waals surface area contributed by atoms with Crippen molar-refractivity contribution < 1.29 is 13.9 Å². The highest BCUT2D eigenvalue weighted by atomic mass is 35.5. The first-order valence-corrected chi connectivity index (χ1v) is 10.3. The first-order chi connectivity index (χ1) is 13.2. The average molecular weight is 412 g/mol. The number of aromatic nitrogens is 1. The quantitative estimate of drug-likeness (QED) is 0.533. The normalized spacial score (nSPS) is 16.8. The van der Waals surface area contributed by atoms with Crippen LogP contribution < -0.4 is 0 Å². The molecule has 0 aliphatic carbocycles. The van der Waals surface area contributed by atoms with E-state index in [0.29, 0.717) is 42.3 Å². The smallest absolute Gasteiger partial charge is 0.410 e. The van der Waals surface area contributed by atoms with Gasteiger partial charge in [0.15, 0.2) is 5.82 Å². The maximum Gasteiger partial charge on any atom is 0.410 e. The van der Waals surface area contributed by atoms with Gasteiger partial charge >= 0.3 is 6.09 Å². The van der Waals surface area contributed by atoms with Crippen molar-refractivity contribution in [2.75, 3.05) is 13.1 Å². The molecule has 1 aliphatic rings. The van der Waals surface area contributed by atoms with Crippen molar-refractivity contribution in [3.63, 3.8) is 0 Å². The van der Waals surface area contributed by atoms with Crippen molar-refractivity contribution in [2.24, 2.45) is 4.99 Å². The second-order valence-electron chi connectivity index (χ2n) is 8.01. The number of ether oxygens (including phenoxy) is 1. The van der Waals surface area contributed by atoms with Gasteiger partial charge in [0.25, 0.3) is 0 Å². The average Bonchev–Trinajstić information content (AvgIpc) is 2.95. The summed E-state index contributed by atoms with van der Waals surface area (Å²) in [6.07, 6.45) is 7.79. The Kier molecular flexibility index (Phi) is 7.70. The number of allylic oxidation sites excluding steroid dienone is 1. The number of amides is 1. The summed E-state index contributed by atoms with van der Waals surface area (Å²) in [6, 6.07) is 0.0521. The molecule has 1 amide bonds. The molecule has 0 bridgehead atoms. The zero-order valence-electron chi connectivity index (χ0n) is 17.5. The van der Waals surface area contributed by atoms with E-state index in [4.69, 9.17) is 16.3 Å². The summed E-state index contributed by atoms with van der Waals surface area (Å²) in [6.45, 7) is 10.5. The van der Waals surface area contributed by atoms with E-state index < -0.39 is 5.60 Å². The summed E-state index contributed by atoms with van der Waals surface area (Å²) in [5, 5.41) is 0.393. The van der Waals surface area contributed by atoms with Crippen LogP contribution in [0, 0.1) is 5.82 Å². The largest absolute Gasteiger partial charge is 0.444 e. The first-order valence-electron chi connectivity index (χ1n) is 9.90. The first kappa shape index (κ1) is 22.5. The molecular weight excluding hydrogens is 381 g/mol. The molecule has 1 aromatic rings. The number of hydrogen-bond donors (Lipinski definition) is 0. The topological polar surface area (TPSA) is 46.8 Å². The minimum Gasteiger partial charge on any atom is -0.444 e. The van der Waals surface area contributed by atoms with Gasteiger partial charge in [-0.1, -0.05) is 31.0 Å². The lowest BCUT2D eigenvalue weighted by Gasteiger charge is -2.34. The van der Waals surface area contributed by atoms with Crippen LogP contribution in [0.25, 0.3) is 5.03 Å². The molecule has 2 heterocycles. The van der Waals surface area contributed by atoms with E-state index in [1.54, 1.807) is 18.0 Å². The monoisotopic (exact) mass is 411 g/mol. The van der Waals surface area contributed by atoms with Crippen LogP contribution in [0.4, 0.5) is 15.0 Å². The van der Waals surface area contributed by atoms with Crippen LogP contribution in [-0.4, -0.2) is 40.5 Å². The van der Waals surface area contributed by atoms with E-state index in [1.807, 2.05) is 38.3 Å². The van der Waals surface area contributed by atoms with Gasteiger partial charge in [0.05, 0.1) is 10.6 Å². The number of aliphatic imine (C=N–C) groups is 1. The molecule has 156 valence electrons. The Morgan fingerprint density at radius 3 is 2.57 bits per heavy atom. The number of halogens is 2. The Morgan fingerprint density at radius 1 is 1.39 bits per heavy atom. The van der Waals surface area contributed by atoms with E-state index >= 15 is 0 Å². The number of nitrogens with zero attached hydrogens (tertiary/aromatic N) is 3. The zero-order chi connectivity index (χ0) is 20.9. The lowest BCUT2D eigenvalue weighted by Crippen LogP contribution is -2.42. The summed E-state index contributed by atoms with van der Waals surface area (Å²) in [7, 11) is 0. The third-order valence-electron chi connectivity index (χ3n) is 4.57. The van der Waals surface area contributed by atoms with Crippen molar-refractivity contribution in [3.8, 4) is 0 Å². The minimum absolute atomic E-state index is 0.0521. The van der Waals surface area contributed by atoms with Crippen LogP contribution >= 0.6 is 11.6 Å². The number of carbonyl (C=O) groups excluding carboxylic acids is 1. The fourth-order valence-electron chi connectivity index (χ4n) is 3.26. The number of unbranched alkanes of at least 4 members (excludes halogenated alkanes) is 1. The van der Waals surface area contributed by atoms with Gasteiger partial charge in [-0.2, -0.15) is 0 Å². The summed E-state index contributed by atoms with van der Waals surface area (Å²) in [5.41, 5.74) is -0.167. The van der Waals surface area contributed by atoms with Crippen molar-refractivity contribution in [1.82, 2.24) is 9.47 Å². The standard InChI is InChI=1S/C21H31ClFN3O2/c1-6-8-9-16(22)18-17(23)14-26(19(18)24-7-2)15-10-12-25(13-11-15)20(27)28-21(3,4)5/h7,9,14-15H,6,8,10-13H2,1-5H3/b16-9?,24-7-. The highest BCUT2D eigenvalue weighted by Gasteiger charge is 2.30. The Bertz CT molecular complexity index is 742. The van der Waals surface area contributed by atoms with Crippen molar-refractivity contribution in [2.45, 2.75) is 71.9 Å². The van der Waals surface area contributed by atoms with Crippen molar-refractivity contribution in [3.05, 3.63) is 23.7 Å². The molecule has 5 nitrogen and oxygen atoms in total. The van der Waals surface area contributed by atoms with E-state index in [9.17, 15) is 9.18 Å². The van der Waals surface area contributed by atoms with Gasteiger partial charge in [0.2, 0.25) is 0 Å². The van der Waals surface area contributed by atoms with Gasteiger partial charge in [-0.3, -0.25) is 0 Å². The van der Waals surface area contributed by atoms with E-state index in [2.05, 4.69) is 4.99 Å². The number of rotatable bonds is 5. The Morgan fingerprint density at radius 2 is 2.04 bits per heavy atom. The number of likely N-dealkylation sites (tertiary alicyclic amines) is 1. The number of carbonyl (C=O) groups is 1. The van der Waals surface area contributed by atoms with Crippen molar-refractivity contribution >= 4 is 34.8 Å². The van der Waals surface area contributed by atoms with Gasteiger partial charge in [-0.25, -0.2) is 14.2 Å². The van der Waals surface area contributed by atoms with Gasteiger partial charge in [-0.05, 0) is 47.0 Å². The summed E-state index contributed by atoms with van der Waals surface area (Å²) < 4.78 is 22.0. The van der Waals surface area contributed by atoms with E-state index in [0.717, 1.165) is 12.8 Å². The third-order valence-corrected chi connectivity index (χ3v) is 4.91. The second-order valence-corrected chi connectivity index (χ2v) is 8.42. The second kappa shape index (κ2) is 9.59. The van der Waals surface area contributed by atoms with Crippen LogP contribution in [-0.2, 0) is 4.74 Å². The fraction of sp³-hybridized carbons (Fsp3) is 0.619. The van der Waals surface area contributed by atoms with E-state index in [1.165, 1.54) is 6.20 Å². The lowest BCUT2D eigenvalue weighted by atomic mass is 10.1. The maximum atomic E-state index is 14.7. The fourth-order valence-corrected chi connectivity index (χ4v) is 3.55. The minimum atomic E-state index is -0.517. The molecule has 0 N–H and O–H groups in total. The Balaban J connectivity index is 2.20. The third kappa shape index (κ3) is 5.60. The molecule has 0 unspecified atom stereocenters. The molecule has 0 aromatic carbocycles. The number of hydrogen-bond acceptors (Lipinski definition) is 3. The van der Waals surface area contributed by atoms with Crippen LogP contribution in [0.2, 0.25) is 0 Å². The van der Waals surface area contributed by atoms with E-state index in [-0.39, 0.29) is 18.0 Å². The molecule has 7 heteroatoms. The molecule has 1 aromatic heterocycles. The highest BCUT2D eigenvalue weighted by molar-refractivity contribution is 6.49. The number of piperidine rings is 1. The van der Waals surface area contributed by atoms with Crippen LogP contribution in [0.3, 0.4) is 0 Å². The van der Waals surface area contributed by atoms with Crippen LogP contribution in [0.15, 0.2) is 17.3 Å². The highest BCUT2D eigenvalue weighted by Crippen LogP contribution is 2.38. The maximum absolute atomic E-state index is 14.7. The van der Waals surface area contributed by atoms with Crippen LogP contribution in [0.1, 0.15) is 71.9 Å². The summed E-state index contributed by atoms with van der Waals surface area (Å²) in [5.74, 6) is 0.167. The lowest BCUT2D eigenvalue weighted by molar-refractivity contribution is 0.0189. The molecule has 0 spiro atoms. The van der Waals surface area contributed by atoms with Gasteiger partial charge in [-0.15, -0.1) is 0 Å². The predicted molar refractivity (Wildman–Crippen MR) is 113 cm³/mol. The molecule has 0 radical (unpaired) electrons. The van der Waals surface area contributed by atoms with Gasteiger partial charge < -0.3 is 14.2 Å². The van der Waals surface area contributed by atoms with Gasteiger partial charge in [0.1, 0.15) is 11.4 Å². The van der Waals surface area contributed by atoms with Crippen LogP contribution in [0.5, 0.6) is 0 Å². The molecule has 1 saturated heterocycles. The SMILES string of the molecule is C/C=N\c1c(C(Cl)=CCCC)c(F)cn1C1CCN(C(=O)OC(C)(C)C)CC1. The molecule has 28 heavy (non-hydrogen) atoms. The Hall–Kier alpha value is -1.82. The Labute approximate surface area is 172 Å². The predicted octanol–water partition coefficient (Wildman–Crippen LogP) is 6.30. The van der Waals surface area contributed by atoms with Gasteiger partial charge in [0, 0.05) is 31.5 Å². The molecular formula is C21H31ClFN3O2. The van der Waals surface area contributed by atoms with Crippen molar-refractivity contribution in [1.29, 1.82) is 0 Å². The molecule has 2 rings (SSSR count). The molecule has 0 atom stereocenters. The molecule has 1 fully saturated rings. The molecule has 1 aliphatic heterocycles. The molecule has 0 saturated carbocycles.